The number of nitrogens with zero attached hydrogens (tertiary/aromatic N) is 1. The molecule has 1 amide bonds. The van der Waals surface area contributed by atoms with Gasteiger partial charge in [0.25, 0.3) is 0 Å². The van der Waals surface area contributed by atoms with Gasteiger partial charge < -0.3 is 14.7 Å². The minimum Gasteiger partial charge on any atom is -0.444 e. The standard InChI is InChI=1S/C18H25NO3/c1-17(2,3)22-16(21)19-10-8-18(9-11-19)12-15(20)13-6-4-5-7-14(13)18/h4-7,15,20H,8-12H2,1-3H3. The van der Waals surface area contributed by atoms with Gasteiger partial charge in [0.2, 0.25) is 0 Å². The zero-order valence-electron chi connectivity index (χ0n) is 13.6. The van der Waals surface area contributed by atoms with Gasteiger partial charge in [-0.05, 0) is 51.2 Å². The van der Waals surface area contributed by atoms with Gasteiger partial charge in [0.1, 0.15) is 5.60 Å². The zero-order valence-corrected chi connectivity index (χ0v) is 13.6. The smallest absolute Gasteiger partial charge is 0.410 e. The first-order valence-corrected chi connectivity index (χ1v) is 8.06. The number of carbonyl (C=O) groups is 1. The molecule has 22 heavy (non-hydrogen) atoms. The van der Waals surface area contributed by atoms with Crippen LogP contribution in [0, 0.1) is 0 Å². The summed E-state index contributed by atoms with van der Waals surface area (Å²) < 4.78 is 5.46. The highest BCUT2D eigenvalue weighted by molar-refractivity contribution is 5.68. The molecule has 0 radical (unpaired) electrons. The molecule has 1 aromatic carbocycles. The van der Waals surface area contributed by atoms with Gasteiger partial charge in [0, 0.05) is 18.5 Å². The van der Waals surface area contributed by atoms with Crippen LogP contribution in [0.15, 0.2) is 24.3 Å². The Morgan fingerprint density at radius 2 is 1.91 bits per heavy atom. The normalized spacial score (nSPS) is 23.5. The van der Waals surface area contributed by atoms with E-state index in [1.807, 2.05) is 39.0 Å². The third-order valence-electron chi connectivity index (χ3n) is 4.85. The fourth-order valence-electron chi connectivity index (χ4n) is 3.78. The molecular formula is C18H25NO3. The molecule has 1 aromatic rings. The molecule has 120 valence electrons. The second kappa shape index (κ2) is 5.27. The monoisotopic (exact) mass is 303 g/mol. The van der Waals surface area contributed by atoms with Crippen molar-refractivity contribution in [3.05, 3.63) is 35.4 Å². The first-order valence-electron chi connectivity index (χ1n) is 8.06. The first-order chi connectivity index (χ1) is 10.3. The second-order valence-corrected chi connectivity index (χ2v) is 7.55. The van der Waals surface area contributed by atoms with Crippen molar-refractivity contribution < 1.29 is 14.6 Å². The van der Waals surface area contributed by atoms with Crippen LogP contribution in [0.1, 0.15) is 57.3 Å². The zero-order chi connectivity index (χ0) is 16.0. The predicted molar refractivity (Wildman–Crippen MR) is 84.7 cm³/mol. The van der Waals surface area contributed by atoms with Crippen LogP contribution in [-0.2, 0) is 10.2 Å². The Bertz CT molecular complexity index is 568. The maximum atomic E-state index is 12.2. The van der Waals surface area contributed by atoms with E-state index in [1.165, 1.54) is 5.56 Å². The summed E-state index contributed by atoms with van der Waals surface area (Å²) in [6.07, 6.45) is 1.95. The molecule has 0 aromatic heterocycles. The van der Waals surface area contributed by atoms with Crippen LogP contribution in [-0.4, -0.2) is 34.8 Å². The Kier molecular flexibility index (Phi) is 3.68. The van der Waals surface area contributed by atoms with Gasteiger partial charge in [-0.25, -0.2) is 4.79 Å². The molecule has 1 spiro atoms. The fourth-order valence-corrected chi connectivity index (χ4v) is 3.78. The van der Waals surface area contributed by atoms with E-state index in [0.717, 1.165) is 24.8 Å². The molecule has 0 bridgehead atoms. The predicted octanol–water partition coefficient (Wildman–Crippen LogP) is 3.39. The van der Waals surface area contributed by atoms with Crippen molar-refractivity contribution in [2.24, 2.45) is 0 Å². The molecule has 2 aliphatic rings. The molecular weight excluding hydrogens is 278 g/mol. The minimum atomic E-state index is -0.456. The maximum absolute atomic E-state index is 12.2. The van der Waals surface area contributed by atoms with E-state index >= 15 is 0 Å². The van der Waals surface area contributed by atoms with Gasteiger partial charge in [-0.3, -0.25) is 0 Å². The number of aliphatic hydroxyl groups is 1. The van der Waals surface area contributed by atoms with Crippen LogP contribution in [0.4, 0.5) is 4.79 Å². The molecule has 1 heterocycles. The molecule has 1 aliphatic heterocycles. The van der Waals surface area contributed by atoms with Gasteiger partial charge in [0.05, 0.1) is 6.10 Å². The number of carbonyl (C=O) groups excluding carboxylic acids is 1. The average molecular weight is 303 g/mol. The fraction of sp³-hybridized carbons (Fsp3) is 0.611. The largest absolute Gasteiger partial charge is 0.444 e. The van der Waals surface area contributed by atoms with Crippen molar-refractivity contribution in [2.75, 3.05) is 13.1 Å². The molecule has 1 N–H and O–H groups in total. The summed E-state index contributed by atoms with van der Waals surface area (Å²) in [6.45, 7) is 7.05. The first kappa shape index (κ1) is 15.3. The lowest BCUT2D eigenvalue weighted by atomic mass is 9.74. The number of hydrogen-bond acceptors (Lipinski definition) is 3. The van der Waals surface area contributed by atoms with E-state index in [-0.39, 0.29) is 17.6 Å². The Morgan fingerprint density at radius 3 is 2.55 bits per heavy atom. The van der Waals surface area contributed by atoms with Crippen molar-refractivity contribution in [3.8, 4) is 0 Å². The summed E-state index contributed by atoms with van der Waals surface area (Å²) in [7, 11) is 0. The van der Waals surface area contributed by atoms with E-state index in [1.54, 1.807) is 4.90 Å². The molecule has 1 saturated heterocycles. The number of rotatable bonds is 0. The number of benzene rings is 1. The number of ether oxygens (including phenoxy) is 1. The number of likely N-dealkylation sites (tertiary alicyclic amines) is 1. The van der Waals surface area contributed by atoms with Gasteiger partial charge in [-0.2, -0.15) is 0 Å². The van der Waals surface area contributed by atoms with Gasteiger partial charge in [-0.15, -0.1) is 0 Å². The van der Waals surface area contributed by atoms with Crippen molar-refractivity contribution in [1.29, 1.82) is 0 Å². The SMILES string of the molecule is CC(C)(C)OC(=O)N1CCC2(CC1)CC(O)c1ccccc12. The summed E-state index contributed by atoms with van der Waals surface area (Å²) >= 11 is 0. The van der Waals surface area contributed by atoms with Crippen LogP contribution < -0.4 is 0 Å². The molecule has 3 rings (SSSR count). The number of piperidine rings is 1. The van der Waals surface area contributed by atoms with E-state index in [2.05, 4.69) is 6.07 Å². The van der Waals surface area contributed by atoms with Crippen LogP contribution in [0.2, 0.25) is 0 Å². The number of aliphatic hydroxyl groups excluding tert-OH is 1. The van der Waals surface area contributed by atoms with Gasteiger partial charge >= 0.3 is 6.09 Å². The number of amides is 1. The number of fused-ring (bicyclic) bond motifs is 2. The van der Waals surface area contributed by atoms with E-state index in [9.17, 15) is 9.90 Å². The number of hydrogen-bond donors (Lipinski definition) is 1. The Labute approximate surface area is 132 Å². The van der Waals surface area contributed by atoms with Crippen LogP contribution in [0.3, 0.4) is 0 Å². The molecule has 1 atom stereocenters. The van der Waals surface area contributed by atoms with Crippen LogP contribution >= 0.6 is 0 Å². The van der Waals surface area contributed by atoms with E-state index in [0.29, 0.717) is 13.1 Å². The van der Waals surface area contributed by atoms with Crippen molar-refractivity contribution in [2.45, 2.75) is 57.2 Å². The average Bonchev–Trinajstić information content (AvgIpc) is 2.71. The van der Waals surface area contributed by atoms with E-state index < -0.39 is 5.60 Å². The Balaban J connectivity index is 1.71. The summed E-state index contributed by atoms with van der Waals surface area (Å²) in [5, 5.41) is 10.3. The van der Waals surface area contributed by atoms with Crippen LogP contribution in [0.25, 0.3) is 0 Å². The third kappa shape index (κ3) is 2.72. The summed E-state index contributed by atoms with van der Waals surface area (Å²) in [6, 6.07) is 8.18. The van der Waals surface area contributed by atoms with Gasteiger partial charge in [-0.1, -0.05) is 24.3 Å². The highest BCUT2D eigenvalue weighted by Gasteiger charge is 2.45. The molecule has 4 nitrogen and oxygen atoms in total. The summed E-state index contributed by atoms with van der Waals surface area (Å²) in [4.78, 5) is 14.0. The van der Waals surface area contributed by atoms with E-state index in [4.69, 9.17) is 4.74 Å². The highest BCUT2D eigenvalue weighted by Crippen LogP contribution is 2.50. The quantitative estimate of drug-likeness (QED) is 0.799. The topological polar surface area (TPSA) is 49.8 Å². The molecule has 0 saturated carbocycles. The Hall–Kier alpha value is -1.55. The molecule has 1 unspecified atom stereocenters. The van der Waals surface area contributed by atoms with Crippen molar-refractivity contribution >= 4 is 6.09 Å². The van der Waals surface area contributed by atoms with Crippen molar-refractivity contribution in [3.63, 3.8) is 0 Å². The summed E-state index contributed by atoms with van der Waals surface area (Å²) in [5.74, 6) is 0. The second-order valence-electron chi connectivity index (χ2n) is 7.55. The molecule has 4 heteroatoms. The lowest BCUT2D eigenvalue weighted by Crippen LogP contribution is -2.46. The highest BCUT2D eigenvalue weighted by atomic mass is 16.6. The van der Waals surface area contributed by atoms with Crippen molar-refractivity contribution in [1.82, 2.24) is 4.90 Å². The third-order valence-corrected chi connectivity index (χ3v) is 4.85. The lowest BCUT2D eigenvalue weighted by molar-refractivity contribution is 0.0147. The summed E-state index contributed by atoms with van der Waals surface area (Å²) in [5.41, 5.74) is 1.90. The lowest BCUT2D eigenvalue weighted by Gasteiger charge is -2.40. The van der Waals surface area contributed by atoms with Crippen LogP contribution in [0.5, 0.6) is 0 Å². The maximum Gasteiger partial charge on any atom is 0.410 e. The minimum absolute atomic E-state index is 0.0223. The molecule has 1 aliphatic carbocycles. The van der Waals surface area contributed by atoms with Gasteiger partial charge in [0.15, 0.2) is 0 Å². The Morgan fingerprint density at radius 1 is 1.27 bits per heavy atom. The molecule has 1 fully saturated rings.